The van der Waals surface area contributed by atoms with Crippen molar-refractivity contribution in [3.63, 3.8) is 0 Å². The fourth-order valence-corrected chi connectivity index (χ4v) is 2.54. The van der Waals surface area contributed by atoms with Crippen LogP contribution in [0.25, 0.3) is 22.5 Å². The number of benzene rings is 1. The van der Waals surface area contributed by atoms with Crippen LogP contribution in [0.5, 0.6) is 0 Å². The van der Waals surface area contributed by atoms with Crippen molar-refractivity contribution >= 4 is 11.7 Å². The number of nitrogens with two attached hydrogens (primary N) is 1. The summed E-state index contributed by atoms with van der Waals surface area (Å²) in [6.07, 6.45) is 1.65. The van der Waals surface area contributed by atoms with Gasteiger partial charge in [0.2, 0.25) is 0 Å². The van der Waals surface area contributed by atoms with Gasteiger partial charge in [-0.15, -0.1) is 10.2 Å². The number of amides is 1. The fraction of sp³-hybridized carbons (Fsp3) is 0.176. The number of nitrogens with one attached hydrogen (secondary N) is 1. The van der Waals surface area contributed by atoms with E-state index in [0.29, 0.717) is 12.4 Å². The van der Waals surface area contributed by atoms with Gasteiger partial charge in [0, 0.05) is 19.2 Å². The van der Waals surface area contributed by atoms with Gasteiger partial charge in [0.1, 0.15) is 17.8 Å². The molecule has 0 fully saturated rings. The highest BCUT2D eigenvalue weighted by molar-refractivity contribution is 5.93. The van der Waals surface area contributed by atoms with Crippen molar-refractivity contribution < 1.29 is 4.79 Å². The highest BCUT2D eigenvalue weighted by Gasteiger charge is 2.14. The third-order valence-corrected chi connectivity index (χ3v) is 3.63. The number of aromatic nitrogens is 4. The lowest BCUT2D eigenvalue weighted by Crippen LogP contribution is -2.14. The molecule has 3 rings (SSSR count). The van der Waals surface area contributed by atoms with E-state index < -0.39 is 5.91 Å². The molecule has 0 aliphatic rings. The fourth-order valence-electron chi connectivity index (χ4n) is 2.54. The number of aryl methyl sites for hydroxylation is 1. The maximum absolute atomic E-state index is 11.6. The number of anilines is 1. The van der Waals surface area contributed by atoms with Gasteiger partial charge in [-0.25, -0.2) is 4.98 Å². The molecule has 0 aliphatic carbocycles. The maximum atomic E-state index is 11.6. The second-order valence-electron chi connectivity index (χ2n) is 5.33. The van der Waals surface area contributed by atoms with Crippen LogP contribution in [0.15, 0.2) is 42.7 Å². The first-order chi connectivity index (χ1) is 11.6. The zero-order chi connectivity index (χ0) is 17.1. The summed E-state index contributed by atoms with van der Waals surface area (Å²) in [4.78, 5) is 15.9. The Labute approximate surface area is 139 Å². The maximum Gasteiger partial charge on any atom is 0.267 e. The third-order valence-electron chi connectivity index (χ3n) is 3.63. The van der Waals surface area contributed by atoms with E-state index in [9.17, 15) is 4.79 Å². The number of hydrogen-bond acceptors (Lipinski definition) is 5. The number of nitrogens with zero attached hydrogens (tertiary/aromatic N) is 4. The van der Waals surface area contributed by atoms with E-state index in [4.69, 9.17) is 5.73 Å². The van der Waals surface area contributed by atoms with Crippen molar-refractivity contribution in [1.82, 2.24) is 19.7 Å². The monoisotopic (exact) mass is 322 g/mol. The Morgan fingerprint density at radius 1 is 1.25 bits per heavy atom. The molecule has 2 aromatic heterocycles. The summed E-state index contributed by atoms with van der Waals surface area (Å²) < 4.78 is 1.85. The Bertz CT molecular complexity index is 886. The van der Waals surface area contributed by atoms with E-state index in [1.807, 2.05) is 48.9 Å². The predicted molar refractivity (Wildman–Crippen MR) is 92.4 cm³/mol. The van der Waals surface area contributed by atoms with Crippen molar-refractivity contribution in [2.24, 2.45) is 12.8 Å². The molecular formula is C17H18N6O. The van der Waals surface area contributed by atoms with Crippen LogP contribution in [-0.2, 0) is 7.05 Å². The van der Waals surface area contributed by atoms with Crippen LogP contribution in [0.4, 0.5) is 5.82 Å². The summed E-state index contributed by atoms with van der Waals surface area (Å²) in [5.41, 5.74) is 8.33. The van der Waals surface area contributed by atoms with E-state index in [1.165, 1.54) is 0 Å². The zero-order valence-electron chi connectivity index (χ0n) is 13.5. The quantitative estimate of drug-likeness (QED) is 0.749. The average Bonchev–Trinajstić information content (AvgIpc) is 3.01. The Morgan fingerprint density at radius 3 is 2.62 bits per heavy atom. The second-order valence-corrected chi connectivity index (χ2v) is 5.33. The molecular weight excluding hydrogens is 304 g/mol. The second kappa shape index (κ2) is 6.49. The molecule has 0 spiro atoms. The van der Waals surface area contributed by atoms with Crippen LogP contribution in [0.2, 0.25) is 0 Å². The van der Waals surface area contributed by atoms with Crippen LogP contribution in [0.1, 0.15) is 17.4 Å². The van der Waals surface area contributed by atoms with Crippen molar-refractivity contribution in [3.8, 4) is 22.5 Å². The molecule has 0 bridgehead atoms. The Hall–Kier alpha value is -3.22. The van der Waals surface area contributed by atoms with E-state index in [1.54, 1.807) is 12.4 Å². The summed E-state index contributed by atoms with van der Waals surface area (Å²) in [6.45, 7) is 2.66. The molecule has 7 heteroatoms. The first-order valence-corrected chi connectivity index (χ1v) is 7.59. The van der Waals surface area contributed by atoms with Crippen LogP contribution >= 0.6 is 0 Å². The largest absolute Gasteiger partial charge is 0.370 e. The lowest BCUT2D eigenvalue weighted by molar-refractivity contribution is 0.0995. The number of carbonyl (C=O) groups is 1. The predicted octanol–water partition coefficient (Wildman–Crippen LogP) is 2.07. The molecule has 3 aromatic rings. The van der Waals surface area contributed by atoms with E-state index in [2.05, 4.69) is 20.5 Å². The van der Waals surface area contributed by atoms with Gasteiger partial charge >= 0.3 is 0 Å². The van der Waals surface area contributed by atoms with E-state index in [0.717, 1.165) is 22.5 Å². The lowest BCUT2D eigenvalue weighted by Gasteiger charge is -2.12. The Balaban J connectivity index is 2.19. The molecule has 1 aromatic carbocycles. The molecule has 24 heavy (non-hydrogen) atoms. The minimum atomic E-state index is -0.563. The molecule has 0 radical (unpaired) electrons. The average molecular weight is 322 g/mol. The van der Waals surface area contributed by atoms with Crippen molar-refractivity contribution in [2.75, 3.05) is 11.9 Å². The zero-order valence-corrected chi connectivity index (χ0v) is 13.5. The Morgan fingerprint density at radius 2 is 2.00 bits per heavy atom. The summed E-state index contributed by atoms with van der Waals surface area (Å²) in [7, 11) is 1.89. The minimum absolute atomic E-state index is 0.219. The van der Waals surface area contributed by atoms with Gasteiger partial charge in [-0.1, -0.05) is 24.3 Å². The number of pyridine rings is 1. The highest BCUT2D eigenvalue weighted by atomic mass is 16.1. The van der Waals surface area contributed by atoms with Gasteiger partial charge in [0.25, 0.3) is 5.91 Å². The van der Waals surface area contributed by atoms with Gasteiger partial charge < -0.3 is 15.6 Å². The van der Waals surface area contributed by atoms with Gasteiger partial charge in [-0.05, 0) is 30.2 Å². The summed E-state index contributed by atoms with van der Waals surface area (Å²) in [5, 5.41) is 11.2. The smallest absolute Gasteiger partial charge is 0.267 e. The van der Waals surface area contributed by atoms with Crippen molar-refractivity contribution in [3.05, 3.63) is 48.4 Å². The summed E-state index contributed by atoms with van der Waals surface area (Å²) in [5.74, 6) is 0.789. The number of rotatable bonds is 5. The van der Waals surface area contributed by atoms with Crippen molar-refractivity contribution in [1.29, 1.82) is 0 Å². The molecule has 0 unspecified atom stereocenters. The molecule has 0 aliphatic heterocycles. The number of carbonyl (C=O) groups excluding carboxylic acids is 1. The molecule has 0 atom stereocenters. The Kier molecular flexibility index (Phi) is 4.24. The SMILES string of the molecule is CCNc1cc(-c2ccccc2-c2nncn2C)cc(C(N)=O)n1. The van der Waals surface area contributed by atoms with Crippen LogP contribution in [-0.4, -0.2) is 32.2 Å². The standard InChI is InChI=1S/C17H18N6O/c1-3-19-15-9-11(8-14(21-15)16(18)24)12-6-4-5-7-13(12)17-22-20-10-23(17)2/h4-10H,3H2,1-2H3,(H2,18,24)(H,19,21). The highest BCUT2D eigenvalue weighted by Crippen LogP contribution is 2.32. The number of hydrogen-bond donors (Lipinski definition) is 2. The first kappa shape index (κ1) is 15.7. The lowest BCUT2D eigenvalue weighted by atomic mass is 9.99. The summed E-state index contributed by atoms with van der Waals surface area (Å²) >= 11 is 0. The van der Waals surface area contributed by atoms with Crippen LogP contribution < -0.4 is 11.1 Å². The van der Waals surface area contributed by atoms with Gasteiger partial charge in [0.05, 0.1) is 0 Å². The first-order valence-electron chi connectivity index (χ1n) is 7.59. The van der Waals surface area contributed by atoms with Crippen molar-refractivity contribution in [2.45, 2.75) is 6.92 Å². The normalized spacial score (nSPS) is 10.6. The summed E-state index contributed by atoms with van der Waals surface area (Å²) in [6, 6.07) is 11.4. The topological polar surface area (TPSA) is 98.7 Å². The van der Waals surface area contributed by atoms with Gasteiger partial charge in [-0.3, -0.25) is 4.79 Å². The molecule has 1 amide bonds. The van der Waals surface area contributed by atoms with Crippen LogP contribution in [0, 0.1) is 0 Å². The molecule has 122 valence electrons. The van der Waals surface area contributed by atoms with E-state index >= 15 is 0 Å². The third kappa shape index (κ3) is 2.96. The number of primary amides is 1. The van der Waals surface area contributed by atoms with Gasteiger partial charge in [-0.2, -0.15) is 0 Å². The molecule has 7 nitrogen and oxygen atoms in total. The molecule has 0 saturated carbocycles. The molecule has 0 saturated heterocycles. The minimum Gasteiger partial charge on any atom is -0.370 e. The van der Waals surface area contributed by atoms with Crippen LogP contribution in [0.3, 0.4) is 0 Å². The van der Waals surface area contributed by atoms with E-state index in [-0.39, 0.29) is 5.69 Å². The molecule has 2 heterocycles. The molecule has 3 N–H and O–H groups in total. The van der Waals surface area contributed by atoms with Gasteiger partial charge in [0.15, 0.2) is 5.82 Å².